The van der Waals surface area contributed by atoms with Gasteiger partial charge in [-0.15, -0.1) is 6.42 Å². The summed E-state index contributed by atoms with van der Waals surface area (Å²) in [6.45, 7) is 0. The third-order valence-corrected chi connectivity index (χ3v) is 3.20. The number of hydrogen-bond acceptors (Lipinski definition) is 3. The Morgan fingerprint density at radius 1 is 1.29 bits per heavy atom. The summed E-state index contributed by atoms with van der Waals surface area (Å²) in [5, 5.41) is 13.5. The topological polar surface area (TPSA) is 61.7 Å². The molecule has 4 nitrogen and oxygen atoms in total. The van der Waals surface area contributed by atoms with E-state index < -0.39 is 0 Å². The van der Waals surface area contributed by atoms with Crippen LogP contribution >= 0.6 is 15.9 Å². The SMILES string of the molecule is C#Cc1ccc(O)c(C=NNC(=O)c2ccc(Br)cc2)c1. The van der Waals surface area contributed by atoms with Crippen LogP contribution in [0.15, 0.2) is 52.0 Å². The third kappa shape index (κ3) is 3.94. The molecule has 1 amide bonds. The van der Waals surface area contributed by atoms with Crippen molar-refractivity contribution < 1.29 is 9.90 Å². The highest BCUT2D eigenvalue weighted by atomic mass is 79.9. The van der Waals surface area contributed by atoms with Gasteiger partial charge in [-0.25, -0.2) is 5.43 Å². The van der Waals surface area contributed by atoms with E-state index in [0.717, 1.165) is 4.47 Å². The molecule has 0 bridgehead atoms. The average molecular weight is 343 g/mol. The zero-order valence-corrected chi connectivity index (χ0v) is 12.5. The first-order valence-corrected chi connectivity index (χ1v) is 6.78. The van der Waals surface area contributed by atoms with Gasteiger partial charge in [0.25, 0.3) is 5.91 Å². The molecular formula is C16H11BrN2O2. The van der Waals surface area contributed by atoms with Gasteiger partial charge in [-0.2, -0.15) is 5.10 Å². The Kier molecular flexibility index (Phi) is 4.75. The minimum Gasteiger partial charge on any atom is -0.507 e. The van der Waals surface area contributed by atoms with Gasteiger partial charge in [-0.3, -0.25) is 4.79 Å². The number of aromatic hydroxyl groups is 1. The van der Waals surface area contributed by atoms with Gasteiger partial charge in [0, 0.05) is 21.2 Å². The van der Waals surface area contributed by atoms with E-state index in [1.807, 2.05) is 0 Å². The molecule has 2 aromatic rings. The highest BCUT2D eigenvalue weighted by Crippen LogP contribution is 2.16. The van der Waals surface area contributed by atoms with Crippen molar-refractivity contribution in [2.24, 2.45) is 5.10 Å². The Hall–Kier alpha value is -2.58. The number of carbonyl (C=O) groups is 1. The predicted octanol–water partition coefficient (Wildman–Crippen LogP) is 2.90. The molecule has 0 aliphatic carbocycles. The van der Waals surface area contributed by atoms with Crippen LogP contribution in [0.3, 0.4) is 0 Å². The Balaban J connectivity index is 2.07. The van der Waals surface area contributed by atoms with Gasteiger partial charge in [0.1, 0.15) is 5.75 Å². The molecule has 0 radical (unpaired) electrons. The van der Waals surface area contributed by atoms with Crippen LogP contribution < -0.4 is 5.43 Å². The lowest BCUT2D eigenvalue weighted by Crippen LogP contribution is -2.17. The van der Waals surface area contributed by atoms with Crippen molar-refractivity contribution in [3.8, 4) is 18.1 Å². The lowest BCUT2D eigenvalue weighted by Gasteiger charge is -2.01. The zero-order valence-electron chi connectivity index (χ0n) is 10.9. The highest BCUT2D eigenvalue weighted by molar-refractivity contribution is 9.10. The second-order valence-corrected chi connectivity index (χ2v) is 5.04. The van der Waals surface area contributed by atoms with Gasteiger partial charge in [-0.05, 0) is 42.5 Å². The van der Waals surface area contributed by atoms with Crippen molar-refractivity contribution >= 4 is 28.1 Å². The van der Waals surface area contributed by atoms with E-state index in [1.54, 1.807) is 36.4 Å². The lowest BCUT2D eigenvalue weighted by molar-refractivity contribution is 0.0955. The number of terminal acetylenes is 1. The van der Waals surface area contributed by atoms with Gasteiger partial charge in [0.05, 0.1) is 6.21 Å². The summed E-state index contributed by atoms with van der Waals surface area (Å²) in [5.41, 5.74) is 3.92. The molecule has 2 N–H and O–H groups in total. The van der Waals surface area contributed by atoms with Gasteiger partial charge >= 0.3 is 0 Å². The molecule has 0 atom stereocenters. The number of amides is 1. The van der Waals surface area contributed by atoms with Crippen LogP contribution in [-0.2, 0) is 0 Å². The summed E-state index contributed by atoms with van der Waals surface area (Å²) in [6.07, 6.45) is 6.62. The fourth-order valence-corrected chi connectivity index (χ4v) is 1.84. The summed E-state index contributed by atoms with van der Waals surface area (Å²) >= 11 is 3.29. The fraction of sp³-hybridized carbons (Fsp3) is 0. The number of hydrogen-bond donors (Lipinski definition) is 2. The van der Waals surface area contributed by atoms with Gasteiger partial charge in [-0.1, -0.05) is 21.9 Å². The highest BCUT2D eigenvalue weighted by Gasteiger charge is 2.03. The van der Waals surface area contributed by atoms with E-state index in [4.69, 9.17) is 6.42 Å². The summed E-state index contributed by atoms with van der Waals surface area (Å²) < 4.78 is 0.888. The number of phenols is 1. The summed E-state index contributed by atoms with van der Waals surface area (Å²) in [6, 6.07) is 11.6. The zero-order chi connectivity index (χ0) is 15.2. The molecule has 0 unspecified atom stereocenters. The smallest absolute Gasteiger partial charge is 0.271 e. The molecule has 2 aromatic carbocycles. The van der Waals surface area contributed by atoms with Crippen molar-refractivity contribution in [1.82, 2.24) is 5.43 Å². The summed E-state index contributed by atoms with van der Waals surface area (Å²) in [5.74, 6) is 2.16. The number of benzene rings is 2. The first-order valence-electron chi connectivity index (χ1n) is 5.99. The van der Waals surface area contributed by atoms with Crippen LogP contribution in [0, 0.1) is 12.3 Å². The van der Waals surface area contributed by atoms with Gasteiger partial charge in [0.2, 0.25) is 0 Å². The maximum atomic E-state index is 11.8. The van der Waals surface area contributed by atoms with Crippen molar-refractivity contribution in [2.75, 3.05) is 0 Å². The second kappa shape index (κ2) is 6.73. The molecule has 0 saturated heterocycles. The molecule has 0 saturated carbocycles. The molecule has 0 heterocycles. The number of nitrogens with zero attached hydrogens (tertiary/aromatic N) is 1. The Bertz CT molecular complexity index is 731. The van der Waals surface area contributed by atoms with Crippen molar-refractivity contribution in [3.05, 3.63) is 63.6 Å². The molecule has 0 spiro atoms. The largest absolute Gasteiger partial charge is 0.507 e. The van der Waals surface area contributed by atoms with Crippen LogP contribution in [-0.4, -0.2) is 17.2 Å². The first kappa shape index (κ1) is 14.8. The fourth-order valence-electron chi connectivity index (χ4n) is 1.57. The van der Waals surface area contributed by atoms with Gasteiger partial charge < -0.3 is 5.11 Å². The van der Waals surface area contributed by atoms with Crippen molar-refractivity contribution in [2.45, 2.75) is 0 Å². The number of rotatable bonds is 3. The number of carbonyl (C=O) groups excluding carboxylic acids is 1. The molecule has 0 aliphatic heterocycles. The first-order chi connectivity index (χ1) is 10.1. The molecule has 2 rings (SSSR count). The molecule has 5 heteroatoms. The molecule has 0 aliphatic rings. The molecular weight excluding hydrogens is 332 g/mol. The summed E-state index contributed by atoms with van der Waals surface area (Å²) in [7, 11) is 0. The minimum atomic E-state index is -0.341. The van der Waals surface area contributed by atoms with E-state index >= 15 is 0 Å². The lowest BCUT2D eigenvalue weighted by atomic mass is 10.1. The predicted molar refractivity (Wildman–Crippen MR) is 85.2 cm³/mol. The number of nitrogens with one attached hydrogen (secondary N) is 1. The molecule has 0 aromatic heterocycles. The number of halogens is 1. The van der Waals surface area contributed by atoms with Crippen molar-refractivity contribution in [1.29, 1.82) is 0 Å². The minimum absolute atomic E-state index is 0.0376. The maximum Gasteiger partial charge on any atom is 0.271 e. The Morgan fingerprint density at radius 2 is 2.00 bits per heavy atom. The van der Waals surface area contributed by atoms with E-state index in [2.05, 4.69) is 32.4 Å². The number of hydrazone groups is 1. The number of phenolic OH excluding ortho intramolecular Hbond substituents is 1. The van der Waals surface area contributed by atoms with E-state index in [1.165, 1.54) is 12.3 Å². The third-order valence-electron chi connectivity index (χ3n) is 2.67. The maximum absolute atomic E-state index is 11.8. The van der Waals surface area contributed by atoms with Crippen LogP contribution in [0.1, 0.15) is 21.5 Å². The van der Waals surface area contributed by atoms with E-state index in [0.29, 0.717) is 16.7 Å². The standard InChI is InChI=1S/C16H11BrN2O2/c1-2-11-3-8-15(20)13(9-11)10-18-19-16(21)12-4-6-14(17)7-5-12/h1,3-10,20H,(H,19,21). The normalized spacial score (nSPS) is 10.3. The van der Waals surface area contributed by atoms with Crippen LogP contribution in [0.5, 0.6) is 5.75 Å². The van der Waals surface area contributed by atoms with Crippen LogP contribution in [0.25, 0.3) is 0 Å². The van der Waals surface area contributed by atoms with E-state index in [9.17, 15) is 9.90 Å². The van der Waals surface area contributed by atoms with Crippen molar-refractivity contribution in [3.63, 3.8) is 0 Å². The quantitative estimate of drug-likeness (QED) is 0.511. The average Bonchev–Trinajstić information content (AvgIpc) is 2.49. The van der Waals surface area contributed by atoms with Gasteiger partial charge in [0.15, 0.2) is 0 Å². The Morgan fingerprint density at radius 3 is 2.67 bits per heavy atom. The van der Waals surface area contributed by atoms with E-state index in [-0.39, 0.29) is 11.7 Å². The molecule has 104 valence electrons. The molecule has 21 heavy (non-hydrogen) atoms. The Labute approximate surface area is 130 Å². The summed E-state index contributed by atoms with van der Waals surface area (Å²) in [4.78, 5) is 11.8. The van der Waals surface area contributed by atoms with Crippen LogP contribution in [0.4, 0.5) is 0 Å². The second-order valence-electron chi connectivity index (χ2n) is 4.12. The molecule has 0 fully saturated rings. The van der Waals surface area contributed by atoms with Crippen LogP contribution in [0.2, 0.25) is 0 Å². The monoisotopic (exact) mass is 342 g/mol.